The van der Waals surface area contributed by atoms with Gasteiger partial charge < -0.3 is 4.74 Å². The monoisotopic (exact) mass is 265 g/mol. The molecule has 0 unspecified atom stereocenters. The van der Waals surface area contributed by atoms with Crippen LogP contribution in [0.25, 0.3) is 6.08 Å². The highest BCUT2D eigenvalue weighted by Crippen LogP contribution is 2.19. The van der Waals surface area contributed by atoms with Crippen LogP contribution in [0.1, 0.15) is 18.1 Å². The Kier molecular flexibility index (Phi) is 5.13. The summed E-state index contributed by atoms with van der Waals surface area (Å²) >= 11 is 0. The van der Waals surface area contributed by atoms with E-state index in [1.54, 1.807) is 12.3 Å². The first-order valence-electron chi connectivity index (χ1n) is 6.79. The van der Waals surface area contributed by atoms with Gasteiger partial charge in [-0.25, -0.2) is 0 Å². The van der Waals surface area contributed by atoms with Crippen LogP contribution < -0.4 is 4.74 Å². The normalized spacial score (nSPS) is 10.7. The highest BCUT2D eigenvalue weighted by atomic mass is 16.5. The highest BCUT2D eigenvalue weighted by molar-refractivity contribution is 5.70. The zero-order valence-corrected chi connectivity index (χ0v) is 11.8. The zero-order valence-electron chi connectivity index (χ0n) is 11.8. The number of benzene rings is 2. The molecule has 102 valence electrons. The number of hydrogen-bond donors (Lipinski definition) is 0. The van der Waals surface area contributed by atoms with Crippen molar-refractivity contribution in [1.29, 1.82) is 0 Å². The summed E-state index contributed by atoms with van der Waals surface area (Å²) in [6, 6.07) is 16.0. The van der Waals surface area contributed by atoms with E-state index in [0.717, 1.165) is 23.4 Å². The molecule has 0 aliphatic carbocycles. The molecule has 2 rings (SSSR count). The average Bonchev–Trinajstić information content (AvgIpc) is 2.52. The van der Waals surface area contributed by atoms with E-state index >= 15 is 0 Å². The molecule has 0 spiro atoms. The maximum absolute atomic E-state index is 5.67. The quantitative estimate of drug-likeness (QED) is 0.695. The van der Waals surface area contributed by atoms with Crippen LogP contribution >= 0.6 is 0 Å². The Labute approximate surface area is 120 Å². The maximum Gasteiger partial charge on any atom is 0.123 e. The smallest absolute Gasteiger partial charge is 0.123 e. The number of nitrogens with zero attached hydrogens (tertiary/aromatic N) is 1. The number of aliphatic imine (C=N–C) groups is 1. The maximum atomic E-state index is 5.67. The number of aryl methyl sites for hydroxylation is 1. The van der Waals surface area contributed by atoms with Crippen molar-refractivity contribution < 1.29 is 4.74 Å². The summed E-state index contributed by atoms with van der Waals surface area (Å²) in [7, 11) is 0. The van der Waals surface area contributed by atoms with E-state index in [-0.39, 0.29) is 0 Å². The van der Waals surface area contributed by atoms with Crippen LogP contribution in [0.2, 0.25) is 0 Å². The topological polar surface area (TPSA) is 21.6 Å². The minimum Gasteiger partial charge on any atom is -0.488 e. The second kappa shape index (κ2) is 7.29. The Morgan fingerprint density at radius 2 is 2.00 bits per heavy atom. The van der Waals surface area contributed by atoms with Crippen molar-refractivity contribution in [3.05, 3.63) is 66.2 Å². The Hall–Kier alpha value is -2.35. The van der Waals surface area contributed by atoms with Crippen LogP contribution in [0, 0.1) is 0 Å². The predicted octanol–water partition coefficient (Wildman–Crippen LogP) is 4.67. The Morgan fingerprint density at radius 3 is 2.80 bits per heavy atom. The summed E-state index contributed by atoms with van der Waals surface area (Å²) in [4.78, 5) is 4.41. The van der Waals surface area contributed by atoms with E-state index in [9.17, 15) is 0 Å². The van der Waals surface area contributed by atoms with Crippen LogP contribution in [0.15, 0.2) is 60.1 Å². The van der Waals surface area contributed by atoms with Crippen molar-refractivity contribution in [3.8, 4) is 5.75 Å². The summed E-state index contributed by atoms with van der Waals surface area (Å²) in [5, 5.41) is 0. The van der Waals surface area contributed by atoms with Crippen LogP contribution in [-0.2, 0) is 6.42 Å². The SMILES string of the molecule is C=Cc1ccccc1N=CCOc1cccc(CC)c1. The second-order valence-electron chi connectivity index (χ2n) is 4.39. The molecule has 2 aromatic carbocycles. The third kappa shape index (κ3) is 3.82. The molecule has 2 nitrogen and oxygen atoms in total. The van der Waals surface area contributed by atoms with Gasteiger partial charge in [-0.3, -0.25) is 4.99 Å². The lowest BCUT2D eigenvalue weighted by Crippen LogP contribution is -1.98. The summed E-state index contributed by atoms with van der Waals surface area (Å²) in [5.41, 5.74) is 3.21. The van der Waals surface area contributed by atoms with Gasteiger partial charge in [-0.2, -0.15) is 0 Å². The lowest BCUT2D eigenvalue weighted by atomic mass is 10.2. The van der Waals surface area contributed by atoms with Gasteiger partial charge in [-0.05, 0) is 35.7 Å². The molecule has 0 amide bonds. The minimum atomic E-state index is 0.457. The average molecular weight is 265 g/mol. The number of para-hydroxylation sites is 1. The third-order valence-electron chi connectivity index (χ3n) is 3.02. The van der Waals surface area contributed by atoms with Crippen LogP contribution in [-0.4, -0.2) is 12.8 Å². The Morgan fingerprint density at radius 1 is 1.15 bits per heavy atom. The number of hydrogen-bond acceptors (Lipinski definition) is 2. The standard InChI is InChI=1S/C18H19NO/c1-3-15-8-7-10-17(14-15)20-13-12-19-18-11-6-5-9-16(18)4-2/h4-12,14H,2-3,13H2,1H3. The molecule has 0 saturated carbocycles. The van der Waals surface area contributed by atoms with Crippen LogP contribution in [0.3, 0.4) is 0 Å². The fourth-order valence-electron chi connectivity index (χ4n) is 1.90. The van der Waals surface area contributed by atoms with Gasteiger partial charge in [0.05, 0.1) is 5.69 Å². The molecule has 0 aromatic heterocycles. The van der Waals surface area contributed by atoms with Crippen molar-refractivity contribution in [2.24, 2.45) is 4.99 Å². The van der Waals surface area contributed by atoms with E-state index in [0.29, 0.717) is 6.61 Å². The number of ether oxygens (including phenoxy) is 1. The van der Waals surface area contributed by atoms with E-state index < -0.39 is 0 Å². The van der Waals surface area contributed by atoms with Crippen molar-refractivity contribution in [2.75, 3.05) is 6.61 Å². The molecule has 2 aromatic rings. The van der Waals surface area contributed by atoms with Crippen molar-refractivity contribution in [3.63, 3.8) is 0 Å². The fraction of sp³-hybridized carbons (Fsp3) is 0.167. The van der Waals surface area contributed by atoms with Crippen molar-refractivity contribution in [1.82, 2.24) is 0 Å². The zero-order chi connectivity index (χ0) is 14.2. The Balaban J connectivity index is 1.95. The highest BCUT2D eigenvalue weighted by Gasteiger charge is 1.95. The van der Waals surface area contributed by atoms with Gasteiger partial charge in [0.1, 0.15) is 12.4 Å². The summed E-state index contributed by atoms with van der Waals surface area (Å²) in [6.45, 7) is 6.37. The van der Waals surface area contributed by atoms with E-state index in [1.807, 2.05) is 36.4 Å². The summed E-state index contributed by atoms with van der Waals surface area (Å²) in [5.74, 6) is 0.882. The van der Waals surface area contributed by atoms with Gasteiger partial charge in [0.25, 0.3) is 0 Å². The fourth-order valence-corrected chi connectivity index (χ4v) is 1.90. The molecule has 0 aliphatic heterocycles. The van der Waals surface area contributed by atoms with E-state index in [1.165, 1.54) is 5.56 Å². The van der Waals surface area contributed by atoms with Gasteiger partial charge in [0, 0.05) is 6.21 Å². The van der Waals surface area contributed by atoms with Crippen molar-refractivity contribution >= 4 is 18.0 Å². The molecule has 0 fully saturated rings. The van der Waals surface area contributed by atoms with Crippen LogP contribution in [0.5, 0.6) is 5.75 Å². The molecule has 0 bridgehead atoms. The minimum absolute atomic E-state index is 0.457. The molecular weight excluding hydrogens is 246 g/mol. The molecule has 2 heteroatoms. The van der Waals surface area contributed by atoms with Crippen LogP contribution in [0.4, 0.5) is 5.69 Å². The summed E-state index contributed by atoms with van der Waals surface area (Å²) < 4.78 is 5.67. The third-order valence-corrected chi connectivity index (χ3v) is 3.02. The first kappa shape index (κ1) is 14.1. The Bertz CT molecular complexity index is 602. The number of rotatable bonds is 6. The summed E-state index contributed by atoms with van der Waals surface area (Å²) in [6.07, 6.45) is 4.59. The first-order chi connectivity index (χ1) is 9.83. The molecule has 0 saturated heterocycles. The van der Waals surface area contributed by atoms with E-state index in [4.69, 9.17) is 4.74 Å². The van der Waals surface area contributed by atoms with Gasteiger partial charge in [0.2, 0.25) is 0 Å². The predicted molar refractivity (Wildman–Crippen MR) is 86.0 cm³/mol. The second-order valence-corrected chi connectivity index (χ2v) is 4.39. The van der Waals surface area contributed by atoms with Gasteiger partial charge >= 0.3 is 0 Å². The molecule has 0 atom stereocenters. The van der Waals surface area contributed by atoms with Gasteiger partial charge in [-0.1, -0.05) is 49.9 Å². The van der Waals surface area contributed by atoms with Gasteiger partial charge in [0.15, 0.2) is 0 Å². The molecule has 0 N–H and O–H groups in total. The largest absolute Gasteiger partial charge is 0.488 e. The molecular formula is C18H19NO. The van der Waals surface area contributed by atoms with Gasteiger partial charge in [-0.15, -0.1) is 0 Å². The molecule has 0 heterocycles. The lowest BCUT2D eigenvalue weighted by Gasteiger charge is -2.04. The van der Waals surface area contributed by atoms with E-state index in [2.05, 4.69) is 30.6 Å². The molecule has 0 aliphatic rings. The van der Waals surface area contributed by atoms with Crippen molar-refractivity contribution in [2.45, 2.75) is 13.3 Å². The molecule has 0 radical (unpaired) electrons. The lowest BCUT2D eigenvalue weighted by molar-refractivity contribution is 0.380. The first-order valence-corrected chi connectivity index (χ1v) is 6.79. The molecule has 20 heavy (non-hydrogen) atoms.